The van der Waals surface area contributed by atoms with Gasteiger partial charge < -0.3 is 25.5 Å². The molecule has 1 heterocycles. The number of benzene rings is 2. The van der Waals surface area contributed by atoms with Crippen molar-refractivity contribution in [3.63, 3.8) is 0 Å². The predicted octanol–water partition coefficient (Wildman–Crippen LogP) is 5.02. The Kier molecular flexibility index (Phi) is 7.26. The Bertz CT molecular complexity index is 1020. The number of aromatic hydroxyl groups is 1. The summed E-state index contributed by atoms with van der Waals surface area (Å²) in [7, 11) is 2.04. The monoisotopic (exact) mass is 466 g/mol. The number of hydrogen-bond donors (Lipinski definition) is 3. The SMILES string of the molecule is CN1CCN(C(=O)Nc2ccccc2NC(=O)c2cc(C(C)(C)C)c(O)c(C(C)(C)C)c2)CC1. The minimum absolute atomic E-state index is 0.176. The van der Waals surface area contributed by atoms with E-state index in [1.807, 2.05) is 60.7 Å². The van der Waals surface area contributed by atoms with Crippen molar-refractivity contribution in [2.24, 2.45) is 0 Å². The smallest absolute Gasteiger partial charge is 0.321 e. The topological polar surface area (TPSA) is 84.9 Å². The zero-order valence-electron chi connectivity index (χ0n) is 21.5. The molecule has 3 amide bonds. The second kappa shape index (κ2) is 9.66. The molecule has 0 radical (unpaired) electrons. The zero-order chi connectivity index (χ0) is 25.3. The lowest BCUT2D eigenvalue weighted by atomic mass is 9.78. The molecule has 0 aliphatic carbocycles. The summed E-state index contributed by atoms with van der Waals surface area (Å²) in [6, 6.07) is 10.5. The number of anilines is 2. The average molecular weight is 467 g/mol. The number of piperazine rings is 1. The van der Waals surface area contributed by atoms with E-state index in [2.05, 4.69) is 15.5 Å². The molecule has 184 valence electrons. The highest BCUT2D eigenvalue weighted by molar-refractivity contribution is 6.07. The van der Waals surface area contributed by atoms with Crippen LogP contribution in [0.25, 0.3) is 0 Å². The van der Waals surface area contributed by atoms with Gasteiger partial charge in [0, 0.05) is 42.9 Å². The summed E-state index contributed by atoms with van der Waals surface area (Å²) < 4.78 is 0. The van der Waals surface area contributed by atoms with Gasteiger partial charge in [-0.2, -0.15) is 0 Å². The largest absolute Gasteiger partial charge is 0.507 e. The quantitative estimate of drug-likeness (QED) is 0.593. The molecule has 1 aliphatic rings. The van der Waals surface area contributed by atoms with Gasteiger partial charge in [0.2, 0.25) is 0 Å². The van der Waals surface area contributed by atoms with Crippen molar-refractivity contribution < 1.29 is 14.7 Å². The number of carbonyl (C=O) groups excluding carboxylic acids is 2. The molecular weight excluding hydrogens is 428 g/mol. The van der Waals surface area contributed by atoms with Crippen LogP contribution < -0.4 is 10.6 Å². The van der Waals surface area contributed by atoms with E-state index < -0.39 is 0 Å². The third-order valence-electron chi connectivity index (χ3n) is 6.20. The first-order chi connectivity index (χ1) is 15.8. The summed E-state index contributed by atoms with van der Waals surface area (Å²) in [6.45, 7) is 15.1. The third kappa shape index (κ3) is 5.89. The van der Waals surface area contributed by atoms with Crippen molar-refractivity contribution in [3.05, 3.63) is 53.1 Å². The fraction of sp³-hybridized carbons (Fsp3) is 0.481. The fourth-order valence-corrected chi connectivity index (χ4v) is 4.01. The molecule has 0 aromatic heterocycles. The zero-order valence-corrected chi connectivity index (χ0v) is 21.5. The van der Waals surface area contributed by atoms with Crippen molar-refractivity contribution >= 4 is 23.3 Å². The van der Waals surface area contributed by atoms with Crippen molar-refractivity contribution in [1.29, 1.82) is 0 Å². The Morgan fingerprint density at radius 3 is 1.76 bits per heavy atom. The van der Waals surface area contributed by atoms with E-state index in [1.165, 1.54) is 0 Å². The van der Waals surface area contributed by atoms with E-state index in [1.54, 1.807) is 29.2 Å². The Morgan fingerprint density at radius 2 is 1.29 bits per heavy atom. The van der Waals surface area contributed by atoms with Crippen LogP contribution >= 0.6 is 0 Å². The molecule has 3 N–H and O–H groups in total. The van der Waals surface area contributed by atoms with Crippen LogP contribution in [0.5, 0.6) is 5.75 Å². The first-order valence-corrected chi connectivity index (χ1v) is 11.8. The van der Waals surface area contributed by atoms with Crippen LogP contribution in [0.1, 0.15) is 63.0 Å². The van der Waals surface area contributed by atoms with Gasteiger partial charge in [-0.3, -0.25) is 4.79 Å². The highest BCUT2D eigenvalue weighted by Crippen LogP contribution is 2.40. The van der Waals surface area contributed by atoms with Crippen LogP contribution in [0.3, 0.4) is 0 Å². The third-order valence-corrected chi connectivity index (χ3v) is 6.20. The maximum Gasteiger partial charge on any atom is 0.321 e. The molecule has 1 saturated heterocycles. The summed E-state index contributed by atoms with van der Waals surface area (Å²) in [5, 5.41) is 16.9. The molecule has 2 aromatic rings. The molecule has 3 rings (SSSR count). The van der Waals surface area contributed by atoms with Gasteiger partial charge in [-0.25, -0.2) is 4.79 Å². The van der Waals surface area contributed by atoms with Crippen molar-refractivity contribution in [3.8, 4) is 5.75 Å². The lowest BCUT2D eigenvalue weighted by molar-refractivity contribution is 0.102. The van der Waals surface area contributed by atoms with E-state index in [4.69, 9.17) is 0 Å². The second-order valence-corrected chi connectivity index (χ2v) is 11.1. The molecule has 0 atom stereocenters. The van der Waals surface area contributed by atoms with Crippen molar-refractivity contribution in [1.82, 2.24) is 9.80 Å². The number of amides is 3. The predicted molar refractivity (Wildman–Crippen MR) is 138 cm³/mol. The van der Waals surface area contributed by atoms with Gasteiger partial charge in [-0.1, -0.05) is 53.7 Å². The molecule has 1 fully saturated rings. The highest BCUT2D eigenvalue weighted by atomic mass is 16.3. The number of phenolic OH excluding ortho intramolecular Hbond substituents is 1. The van der Waals surface area contributed by atoms with Gasteiger partial charge in [-0.05, 0) is 42.1 Å². The lowest BCUT2D eigenvalue weighted by Crippen LogP contribution is -2.48. The number of nitrogens with one attached hydrogen (secondary N) is 2. The van der Waals surface area contributed by atoms with Crippen LogP contribution in [-0.2, 0) is 10.8 Å². The molecule has 1 aliphatic heterocycles. The molecule has 34 heavy (non-hydrogen) atoms. The fourth-order valence-electron chi connectivity index (χ4n) is 4.01. The summed E-state index contributed by atoms with van der Waals surface area (Å²) in [6.07, 6.45) is 0. The van der Waals surface area contributed by atoms with Gasteiger partial charge in [0.15, 0.2) is 0 Å². The number of para-hydroxylation sites is 2. The number of likely N-dealkylation sites (N-methyl/N-ethyl adjacent to an activating group) is 1. The van der Waals surface area contributed by atoms with Crippen LogP contribution in [-0.4, -0.2) is 60.1 Å². The maximum absolute atomic E-state index is 13.3. The van der Waals surface area contributed by atoms with E-state index in [9.17, 15) is 14.7 Å². The van der Waals surface area contributed by atoms with Gasteiger partial charge in [0.25, 0.3) is 5.91 Å². The molecular formula is C27H38N4O3. The number of rotatable bonds is 3. The highest BCUT2D eigenvalue weighted by Gasteiger charge is 2.28. The summed E-state index contributed by atoms with van der Waals surface area (Å²) in [5.41, 5.74) is 2.31. The molecule has 7 nitrogen and oxygen atoms in total. The first kappa shape index (κ1) is 25.6. The lowest BCUT2D eigenvalue weighted by Gasteiger charge is -2.32. The summed E-state index contributed by atoms with van der Waals surface area (Å²) in [5.74, 6) is -0.0614. The minimum Gasteiger partial charge on any atom is -0.507 e. The van der Waals surface area contributed by atoms with Gasteiger partial charge in [-0.15, -0.1) is 0 Å². The standard InChI is InChI=1S/C27H38N4O3/c1-26(2,3)19-16-18(17-20(23(19)32)27(4,5)6)24(33)28-21-10-8-9-11-22(21)29-25(34)31-14-12-30(7)13-15-31/h8-11,16-17,32H,12-15H2,1-7H3,(H,28,33)(H,29,34). The summed E-state index contributed by atoms with van der Waals surface area (Å²) in [4.78, 5) is 30.1. The molecule has 2 aromatic carbocycles. The van der Waals surface area contributed by atoms with Crippen LogP contribution in [0.2, 0.25) is 0 Å². The molecule has 0 spiro atoms. The number of hydrogen-bond acceptors (Lipinski definition) is 4. The van der Waals surface area contributed by atoms with E-state index in [-0.39, 0.29) is 28.5 Å². The van der Waals surface area contributed by atoms with Gasteiger partial charge in [0.05, 0.1) is 11.4 Å². The minimum atomic E-state index is -0.339. The average Bonchev–Trinajstić information content (AvgIpc) is 2.74. The van der Waals surface area contributed by atoms with Crippen LogP contribution in [0, 0.1) is 0 Å². The second-order valence-electron chi connectivity index (χ2n) is 11.1. The molecule has 0 bridgehead atoms. The Hall–Kier alpha value is -3.06. The Morgan fingerprint density at radius 1 is 0.824 bits per heavy atom. The Balaban J connectivity index is 1.87. The number of phenols is 1. The van der Waals surface area contributed by atoms with Crippen LogP contribution in [0.4, 0.5) is 16.2 Å². The van der Waals surface area contributed by atoms with Crippen molar-refractivity contribution in [2.75, 3.05) is 43.9 Å². The van der Waals surface area contributed by atoms with E-state index in [0.717, 1.165) is 24.2 Å². The van der Waals surface area contributed by atoms with E-state index >= 15 is 0 Å². The van der Waals surface area contributed by atoms with Crippen molar-refractivity contribution in [2.45, 2.75) is 52.4 Å². The molecule has 0 unspecified atom stereocenters. The van der Waals surface area contributed by atoms with E-state index in [0.29, 0.717) is 30.0 Å². The van der Waals surface area contributed by atoms with Gasteiger partial charge >= 0.3 is 6.03 Å². The number of nitrogens with zero attached hydrogens (tertiary/aromatic N) is 2. The maximum atomic E-state index is 13.3. The van der Waals surface area contributed by atoms with Crippen LogP contribution in [0.15, 0.2) is 36.4 Å². The Labute approximate surface area is 203 Å². The first-order valence-electron chi connectivity index (χ1n) is 11.8. The number of carbonyl (C=O) groups is 2. The normalized spacial score (nSPS) is 15.2. The number of urea groups is 1. The molecule has 7 heteroatoms. The summed E-state index contributed by atoms with van der Waals surface area (Å²) >= 11 is 0. The molecule has 0 saturated carbocycles. The van der Waals surface area contributed by atoms with Gasteiger partial charge in [0.1, 0.15) is 5.75 Å².